The Hall–Kier alpha value is -2.60. The van der Waals surface area contributed by atoms with Gasteiger partial charge in [0.2, 0.25) is 0 Å². The number of nitrogens with zero attached hydrogens (tertiary/aromatic N) is 1. The smallest absolute Gasteiger partial charge is 0.293 e. The summed E-state index contributed by atoms with van der Waals surface area (Å²) in [5.41, 5.74) is 1.21. The van der Waals surface area contributed by atoms with Crippen LogP contribution in [0.15, 0.2) is 53.4 Å². The van der Waals surface area contributed by atoms with Gasteiger partial charge in [0.25, 0.3) is 11.1 Å². The van der Waals surface area contributed by atoms with Crippen molar-refractivity contribution in [2.45, 2.75) is 13.5 Å². The van der Waals surface area contributed by atoms with Crippen LogP contribution in [0, 0.1) is 5.82 Å². The highest BCUT2D eigenvalue weighted by Crippen LogP contribution is 2.32. The number of carbonyl (C=O) groups excluding carboxylic acids is 2. The second-order valence-electron chi connectivity index (χ2n) is 5.38. The number of halogens is 1. The number of rotatable bonds is 5. The standard InChI is InChI=1S/C19H16FNO3S/c1-2-21-18(22)17(25-19(21)23)11-13-6-5-8-15(10-13)24-12-14-7-3-4-9-16(14)20/h3-11H,2,12H2,1H3. The van der Waals surface area contributed by atoms with Crippen molar-refractivity contribution in [2.75, 3.05) is 6.54 Å². The molecule has 128 valence electrons. The van der Waals surface area contributed by atoms with E-state index in [2.05, 4.69) is 0 Å². The molecule has 4 nitrogen and oxygen atoms in total. The zero-order valence-corrected chi connectivity index (χ0v) is 14.4. The molecule has 1 saturated heterocycles. The minimum absolute atomic E-state index is 0.114. The number of amides is 2. The molecule has 0 atom stereocenters. The number of carbonyl (C=O) groups is 2. The average molecular weight is 357 g/mol. The van der Waals surface area contributed by atoms with Crippen LogP contribution in [0.1, 0.15) is 18.1 Å². The van der Waals surface area contributed by atoms with Gasteiger partial charge in [0.15, 0.2) is 0 Å². The molecule has 0 radical (unpaired) electrons. The molecule has 25 heavy (non-hydrogen) atoms. The summed E-state index contributed by atoms with van der Waals surface area (Å²) in [5, 5.41) is -0.259. The molecule has 0 saturated carbocycles. The van der Waals surface area contributed by atoms with Gasteiger partial charge in [-0.3, -0.25) is 14.5 Å². The Morgan fingerprint density at radius 3 is 2.68 bits per heavy atom. The first-order chi connectivity index (χ1) is 12.1. The van der Waals surface area contributed by atoms with Gasteiger partial charge in [0.05, 0.1) is 4.91 Å². The molecule has 0 N–H and O–H groups in total. The fourth-order valence-electron chi connectivity index (χ4n) is 2.39. The van der Waals surface area contributed by atoms with Crippen molar-refractivity contribution in [3.8, 4) is 5.75 Å². The predicted octanol–water partition coefficient (Wildman–Crippen LogP) is 4.46. The van der Waals surface area contributed by atoms with Crippen molar-refractivity contribution in [3.63, 3.8) is 0 Å². The van der Waals surface area contributed by atoms with E-state index in [1.165, 1.54) is 11.0 Å². The summed E-state index contributed by atoms with van der Waals surface area (Å²) in [4.78, 5) is 25.5. The Kier molecular flexibility index (Phi) is 5.19. The summed E-state index contributed by atoms with van der Waals surface area (Å²) in [7, 11) is 0. The van der Waals surface area contributed by atoms with Gasteiger partial charge in [0, 0.05) is 12.1 Å². The summed E-state index contributed by atoms with van der Waals surface area (Å²) < 4.78 is 19.3. The average Bonchev–Trinajstić information content (AvgIpc) is 2.87. The van der Waals surface area contributed by atoms with E-state index in [0.717, 1.165) is 17.3 Å². The number of hydrogen-bond donors (Lipinski definition) is 0. The van der Waals surface area contributed by atoms with Gasteiger partial charge in [-0.05, 0) is 48.5 Å². The van der Waals surface area contributed by atoms with Crippen molar-refractivity contribution in [1.82, 2.24) is 4.90 Å². The lowest BCUT2D eigenvalue weighted by molar-refractivity contribution is -0.122. The Morgan fingerprint density at radius 2 is 1.96 bits per heavy atom. The summed E-state index contributed by atoms with van der Waals surface area (Å²) in [6.07, 6.45) is 1.66. The van der Waals surface area contributed by atoms with Crippen molar-refractivity contribution >= 4 is 29.0 Å². The minimum Gasteiger partial charge on any atom is -0.489 e. The monoisotopic (exact) mass is 357 g/mol. The Morgan fingerprint density at radius 1 is 1.16 bits per heavy atom. The molecule has 1 heterocycles. The van der Waals surface area contributed by atoms with Crippen LogP contribution in [0.4, 0.5) is 9.18 Å². The zero-order valence-electron chi connectivity index (χ0n) is 13.6. The maximum absolute atomic E-state index is 13.6. The van der Waals surface area contributed by atoms with Gasteiger partial charge >= 0.3 is 0 Å². The summed E-state index contributed by atoms with van der Waals surface area (Å²) in [5.74, 6) is -0.0335. The maximum atomic E-state index is 13.6. The number of imide groups is 1. The molecule has 6 heteroatoms. The highest BCUT2D eigenvalue weighted by Gasteiger charge is 2.33. The van der Waals surface area contributed by atoms with E-state index in [-0.39, 0.29) is 23.6 Å². The number of hydrogen-bond acceptors (Lipinski definition) is 4. The largest absolute Gasteiger partial charge is 0.489 e. The van der Waals surface area contributed by atoms with Crippen LogP contribution in [-0.2, 0) is 11.4 Å². The third-order valence-electron chi connectivity index (χ3n) is 3.70. The second-order valence-corrected chi connectivity index (χ2v) is 6.37. The van der Waals surface area contributed by atoms with Gasteiger partial charge in [-0.15, -0.1) is 0 Å². The summed E-state index contributed by atoms with van der Waals surface area (Å²) in [6.45, 7) is 2.23. The molecule has 2 amide bonds. The summed E-state index contributed by atoms with van der Waals surface area (Å²) in [6, 6.07) is 13.5. The lowest BCUT2D eigenvalue weighted by Crippen LogP contribution is -2.27. The molecule has 3 rings (SSSR count). The normalized spacial score (nSPS) is 15.9. The van der Waals surface area contributed by atoms with E-state index in [9.17, 15) is 14.0 Å². The van der Waals surface area contributed by atoms with E-state index in [0.29, 0.717) is 22.8 Å². The predicted molar refractivity (Wildman–Crippen MR) is 95.5 cm³/mol. The maximum Gasteiger partial charge on any atom is 0.293 e. The number of benzene rings is 2. The molecule has 2 aromatic rings. The molecule has 0 bridgehead atoms. The highest BCUT2D eigenvalue weighted by molar-refractivity contribution is 8.18. The lowest BCUT2D eigenvalue weighted by atomic mass is 10.2. The molecule has 0 aromatic heterocycles. The van der Waals surface area contributed by atoms with Crippen LogP contribution < -0.4 is 4.74 Å². The molecule has 1 aliphatic rings. The molecule has 2 aromatic carbocycles. The zero-order chi connectivity index (χ0) is 17.8. The molecule has 1 aliphatic heterocycles. The van der Waals surface area contributed by atoms with Crippen molar-refractivity contribution in [1.29, 1.82) is 0 Å². The van der Waals surface area contributed by atoms with Gasteiger partial charge in [-0.2, -0.15) is 0 Å². The van der Waals surface area contributed by atoms with Gasteiger partial charge in [-0.1, -0.05) is 30.3 Å². The molecular formula is C19H16FNO3S. The minimum atomic E-state index is -0.313. The SMILES string of the molecule is CCN1C(=O)SC(=Cc2cccc(OCc3ccccc3F)c2)C1=O. The third-order valence-corrected chi connectivity index (χ3v) is 4.61. The van der Waals surface area contributed by atoms with Crippen LogP contribution >= 0.6 is 11.8 Å². The Labute approximate surface area is 149 Å². The first-order valence-corrected chi connectivity index (χ1v) is 8.61. The van der Waals surface area contributed by atoms with Crippen LogP contribution in [-0.4, -0.2) is 22.6 Å². The van der Waals surface area contributed by atoms with E-state index in [1.54, 1.807) is 49.4 Å². The van der Waals surface area contributed by atoms with Crippen LogP contribution in [0.25, 0.3) is 6.08 Å². The van der Waals surface area contributed by atoms with Gasteiger partial charge in [0.1, 0.15) is 18.2 Å². The number of thioether (sulfide) groups is 1. The quantitative estimate of drug-likeness (QED) is 0.741. The van der Waals surface area contributed by atoms with Gasteiger partial charge < -0.3 is 4.74 Å². The molecule has 0 unspecified atom stereocenters. The van der Waals surface area contributed by atoms with E-state index < -0.39 is 0 Å². The topological polar surface area (TPSA) is 46.6 Å². The van der Waals surface area contributed by atoms with E-state index >= 15 is 0 Å². The molecule has 0 spiro atoms. The summed E-state index contributed by atoms with van der Waals surface area (Å²) >= 11 is 0.927. The lowest BCUT2D eigenvalue weighted by Gasteiger charge is -2.08. The van der Waals surface area contributed by atoms with Gasteiger partial charge in [-0.25, -0.2) is 4.39 Å². The first-order valence-electron chi connectivity index (χ1n) is 7.80. The number of ether oxygens (including phenoxy) is 1. The van der Waals surface area contributed by atoms with Crippen molar-refractivity contribution in [2.24, 2.45) is 0 Å². The fourth-order valence-corrected chi connectivity index (χ4v) is 3.30. The van der Waals surface area contributed by atoms with E-state index in [4.69, 9.17) is 4.74 Å². The van der Waals surface area contributed by atoms with Crippen molar-refractivity contribution < 1.29 is 18.7 Å². The van der Waals surface area contributed by atoms with Crippen LogP contribution in [0.3, 0.4) is 0 Å². The van der Waals surface area contributed by atoms with Crippen LogP contribution in [0.2, 0.25) is 0 Å². The first kappa shape index (κ1) is 17.2. The number of likely N-dealkylation sites (N-methyl/N-ethyl adjacent to an activating group) is 1. The Bertz CT molecular complexity index is 850. The van der Waals surface area contributed by atoms with Crippen LogP contribution in [0.5, 0.6) is 5.75 Å². The Balaban J connectivity index is 1.74. The second kappa shape index (κ2) is 7.53. The third kappa shape index (κ3) is 3.91. The molecular weight excluding hydrogens is 341 g/mol. The molecule has 1 fully saturated rings. The fraction of sp³-hybridized carbons (Fsp3) is 0.158. The molecule has 0 aliphatic carbocycles. The van der Waals surface area contributed by atoms with Crippen molar-refractivity contribution in [3.05, 3.63) is 70.4 Å². The highest BCUT2D eigenvalue weighted by atomic mass is 32.2. The van der Waals surface area contributed by atoms with E-state index in [1.807, 2.05) is 6.07 Å².